The average molecular weight is 182 g/mol. The molecular formula is C9H14N2O2. The molecule has 0 bridgehead atoms. The van der Waals surface area contributed by atoms with Crippen molar-refractivity contribution in [3.8, 4) is 0 Å². The third-order valence-electron chi connectivity index (χ3n) is 1.88. The van der Waals surface area contributed by atoms with E-state index in [1.54, 1.807) is 0 Å². The number of nitrogens with one attached hydrogen (secondary N) is 2. The number of piperazine rings is 1. The van der Waals surface area contributed by atoms with Crippen molar-refractivity contribution >= 4 is 11.8 Å². The minimum Gasteiger partial charge on any atom is -0.339 e. The lowest BCUT2D eigenvalue weighted by Gasteiger charge is -2.25. The van der Waals surface area contributed by atoms with Crippen LogP contribution in [0.4, 0.5) is 0 Å². The van der Waals surface area contributed by atoms with Crippen LogP contribution in [0.1, 0.15) is 20.3 Å². The maximum Gasteiger partial charge on any atom is 0.267 e. The van der Waals surface area contributed by atoms with E-state index in [1.807, 2.05) is 13.8 Å². The quantitative estimate of drug-likeness (QED) is 0.598. The van der Waals surface area contributed by atoms with Gasteiger partial charge in [-0.1, -0.05) is 20.4 Å². The number of amides is 2. The number of carbonyl (C=O) groups excluding carboxylic acids is 2. The Bertz CT molecular complexity index is 258. The summed E-state index contributed by atoms with van der Waals surface area (Å²) in [4.78, 5) is 22.4. The molecule has 0 saturated carbocycles. The van der Waals surface area contributed by atoms with E-state index in [9.17, 15) is 9.59 Å². The van der Waals surface area contributed by atoms with Gasteiger partial charge in [0.2, 0.25) is 5.91 Å². The highest BCUT2D eigenvalue weighted by Gasteiger charge is 2.28. The van der Waals surface area contributed by atoms with E-state index in [0.29, 0.717) is 12.3 Å². The van der Waals surface area contributed by atoms with Gasteiger partial charge < -0.3 is 10.6 Å². The Kier molecular flexibility index (Phi) is 2.70. The summed E-state index contributed by atoms with van der Waals surface area (Å²) in [5.74, 6) is -0.0778. The SMILES string of the molecule is C=C1NC(=O)[C@H](CC(C)C)NC1=O. The second-order valence-electron chi connectivity index (χ2n) is 3.62. The van der Waals surface area contributed by atoms with Gasteiger partial charge in [-0.25, -0.2) is 0 Å². The van der Waals surface area contributed by atoms with Crippen molar-refractivity contribution in [2.75, 3.05) is 0 Å². The molecule has 1 aliphatic rings. The predicted octanol–water partition coefficient (Wildman–Crippen LogP) is 0.161. The van der Waals surface area contributed by atoms with Crippen LogP contribution >= 0.6 is 0 Å². The van der Waals surface area contributed by atoms with E-state index in [0.717, 1.165) is 0 Å². The first-order valence-corrected chi connectivity index (χ1v) is 4.31. The second kappa shape index (κ2) is 3.60. The van der Waals surface area contributed by atoms with Gasteiger partial charge in [0.05, 0.1) is 5.70 Å². The third-order valence-corrected chi connectivity index (χ3v) is 1.88. The molecule has 0 unspecified atom stereocenters. The Hall–Kier alpha value is -1.32. The molecule has 1 heterocycles. The van der Waals surface area contributed by atoms with Crippen molar-refractivity contribution in [2.24, 2.45) is 5.92 Å². The minimum absolute atomic E-state index is 0.130. The molecule has 0 radical (unpaired) electrons. The highest BCUT2D eigenvalue weighted by molar-refractivity contribution is 6.04. The summed E-state index contributed by atoms with van der Waals surface area (Å²) < 4.78 is 0. The van der Waals surface area contributed by atoms with E-state index < -0.39 is 6.04 Å². The largest absolute Gasteiger partial charge is 0.339 e. The van der Waals surface area contributed by atoms with E-state index in [2.05, 4.69) is 17.2 Å². The maximum atomic E-state index is 11.3. The van der Waals surface area contributed by atoms with Crippen LogP contribution in [0, 0.1) is 5.92 Å². The molecule has 4 nitrogen and oxygen atoms in total. The first kappa shape index (κ1) is 9.77. The third kappa shape index (κ3) is 2.31. The lowest BCUT2D eigenvalue weighted by Crippen LogP contribution is -2.54. The van der Waals surface area contributed by atoms with Crippen LogP contribution in [0.2, 0.25) is 0 Å². The first-order chi connectivity index (χ1) is 6.00. The zero-order valence-corrected chi connectivity index (χ0v) is 7.89. The molecule has 2 amide bonds. The number of carbonyl (C=O) groups is 2. The summed E-state index contributed by atoms with van der Waals surface area (Å²) in [7, 11) is 0. The molecule has 72 valence electrons. The Labute approximate surface area is 77.4 Å². The Morgan fingerprint density at radius 1 is 1.46 bits per heavy atom. The number of rotatable bonds is 2. The van der Waals surface area contributed by atoms with Crippen LogP contribution in [0.5, 0.6) is 0 Å². The fourth-order valence-corrected chi connectivity index (χ4v) is 1.24. The van der Waals surface area contributed by atoms with Crippen molar-refractivity contribution in [3.63, 3.8) is 0 Å². The van der Waals surface area contributed by atoms with Gasteiger partial charge in [-0.05, 0) is 12.3 Å². The molecule has 1 rings (SSSR count). The topological polar surface area (TPSA) is 58.2 Å². The van der Waals surface area contributed by atoms with Gasteiger partial charge in [0.1, 0.15) is 6.04 Å². The monoisotopic (exact) mass is 182 g/mol. The summed E-state index contributed by atoms with van der Waals surface area (Å²) in [6.45, 7) is 7.42. The van der Waals surface area contributed by atoms with Crippen molar-refractivity contribution in [3.05, 3.63) is 12.3 Å². The molecule has 2 N–H and O–H groups in total. The van der Waals surface area contributed by atoms with Crippen LogP contribution in [0.25, 0.3) is 0 Å². The summed E-state index contributed by atoms with van der Waals surface area (Å²) in [5.41, 5.74) is 0.130. The van der Waals surface area contributed by atoms with Crippen LogP contribution in [-0.4, -0.2) is 17.9 Å². The van der Waals surface area contributed by atoms with Crippen LogP contribution in [0.15, 0.2) is 12.3 Å². The average Bonchev–Trinajstić information content (AvgIpc) is 1.99. The fourth-order valence-electron chi connectivity index (χ4n) is 1.24. The zero-order valence-electron chi connectivity index (χ0n) is 7.89. The smallest absolute Gasteiger partial charge is 0.267 e. The zero-order chi connectivity index (χ0) is 10.0. The van der Waals surface area contributed by atoms with Crippen molar-refractivity contribution in [1.29, 1.82) is 0 Å². The molecule has 13 heavy (non-hydrogen) atoms. The van der Waals surface area contributed by atoms with Gasteiger partial charge in [-0.2, -0.15) is 0 Å². The van der Waals surface area contributed by atoms with Crippen LogP contribution in [-0.2, 0) is 9.59 Å². The van der Waals surface area contributed by atoms with Gasteiger partial charge in [0.15, 0.2) is 0 Å². The van der Waals surface area contributed by atoms with Gasteiger partial charge in [0.25, 0.3) is 5.91 Å². The molecule has 0 spiro atoms. The minimum atomic E-state index is -0.405. The van der Waals surface area contributed by atoms with Gasteiger partial charge >= 0.3 is 0 Å². The van der Waals surface area contributed by atoms with Gasteiger partial charge in [-0.3, -0.25) is 9.59 Å². The fraction of sp³-hybridized carbons (Fsp3) is 0.556. The molecule has 4 heteroatoms. The number of hydrogen-bond donors (Lipinski definition) is 2. The Morgan fingerprint density at radius 2 is 2.08 bits per heavy atom. The Balaban J connectivity index is 2.61. The second-order valence-corrected chi connectivity index (χ2v) is 3.62. The molecule has 0 aromatic rings. The van der Waals surface area contributed by atoms with Crippen LogP contribution < -0.4 is 10.6 Å². The normalized spacial score (nSPS) is 23.0. The summed E-state index contributed by atoms with van der Waals surface area (Å²) in [6, 6.07) is -0.405. The van der Waals surface area contributed by atoms with Crippen LogP contribution in [0.3, 0.4) is 0 Å². The molecule has 0 aromatic carbocycles. The van der Waals surface area contributed by atoms with Gasteiger partial charge in [0, 0.05) is 0 Å². The molecule has 1 aliphatic heterocycles. The van der Waals surface area contributed by atoms with E-state index in [4.69, 9.17) is 0 Å². The molecule has 1 saturated heterocycles. The summed E-state index contributed by atoms with van der Waals surface area (Å²) >= 11 is 0. The van der Waals surface area contributed by atoms with E-state index in [1.165, 1.54) is 0 Å². The summed E-state index contributed by atoms with van der Waals surface area (Å²) in [5, 5.41) is 5.04. The molecule has 0 aromatic heterocycles. The Morgan fingerprint density at radius 3 is 2.62 bits per heavy atom. The predicted molar refractivity (Wildman–Crippen MR) is 48.7 cm³/mol. The first-order valence-electron chi connectivity index (χ1n) is 4.31. The highest BCUT2D eigenvalue weighted by Crippen LogP contribution is 2.08. The number of hydrogen-bond acceptors (Lipinski definition) is 2. The molecule has 0 aliphatic carbocycles. The highest BCUT2D eigenvalue weighted by atomic mass is 16.2. The molecular weight excluding hydrogens is 168 g/mol. The van der Waals surface area contributed by atoms with E-state index >= 15 is 0 Å². The van der Waals surface area contributed by atoms with Crippen molar-refractivity contribution < 1.29 is 9.59 Å². The van der Waals surface area contributed by atoms with Gasteiger partial charge in [-0.15, -0.1) is 0 Å². The lowest BCUT2D eigenvalue weighted by atomic mass is 10.0. The van der Waals surface area contributed by atoms with Crippen molar-refractivity contribution in [2.45, 2.75) is 26.3 Å². The maximum absolute atomic E-state index is 11.3. The molecule has 1 fully saturated rings. The standard InChI is InChI=1S/C9H14N2O2/c1-5(2)4-7-9(13)10-6(3)8(12)11-7/h5,7H,3-4H2,1-2H3,(H,10,13)(H,11,12)/t7-/m0/s1. The summed E-state index contributed by atoms with van der Waals surface area (Å²) in [6.07, 6.45) is 0.658. The van der Waals surface area contributed by atoms with E-state index in [-0.39, 0.29) is 17.5 Å². The lowest BCUT2D eigenvalue weighted by molar-refractivity contribution is -0.131. The van der Waals surface area contributed by atoms with Crippen molar-refractivity contribution in [1.82, 2.24) is 10.6 Å². The molecule has 1 atom stereocenters.